The molecular weight excluding hydrogens is 340 g/mol. The van der Waals surface area contributed by atoms with E-state index in [1.807, 2.05) is 39.0 Å². The first-order valence-electron chi connectivity index (χ1n) is 8.54. The number of rotatable bonds is 6. The highest BCUT2D eigenvalue weighted by molar-refractivity contribution is 7.84. The Labute approximate surface area is 154 Å². The van der Waals surface area contributed by atoms with Crippen LogP contribution in [0.5, 0.6) is 0 Å². The molecule has 0 bridgehead atoms. The van der Waals surface area contributed by atoms with Crippen molar-refractivity contribution in [1.82, 2.24) is 9.62 Å². The van der Waals surface area contributed by atoms with E-state index < -0.39 is 11.0 Å². The van der Waals surface area contributed by atoms with Gasteiger partial charge in [-0.15, -0.1) is 6.58 Å². The van der Waals surface area contributed by atoms with Crippen LogP contribution in [-0.4, -0.2) is 32.5 Å². The summed E-state index contributed by atoms with van der Waals surface area (Å²) >= 11 is 6.17. The molecule has 1 aromatic carbocycles. The molecule has 0 spiro atoms. The van der Waals surface area contributed by atoms with Crippen molar-refractivity contribution < 1.29 is 4.21 Å². The van der Waals surface area contributed by atoms with Crippen molar-refractivity contribution in [3.63, 3.8) is 0 Å². The molecule has 3 nitrogen and oxygen atoms in total. The second kappa shape index (κ2) is 8.13. The number of nitrogens with one attached hydrogen (secondary N) is 1. The lowest BCUT2D eigenvalue weighted by Crippen LogP contribution is -2.49. The third kappa shape index (κ3) is 4.69. The minimum absolute atomic E-state index is 0.147. The van der Waals surface area contributed by atoms with E-state index in [0.29, 0.717) is 12.1 Å². The van der Waals surface area contributed by atoms with E-state index >= 15 is 0 Å². The highest BCUT2D eigenvalue weighted by Crippen LogP contribution is 2.38. The van der Waals surface area contributed by atoms with Crippen molar-refractivity contribution in [3.05, 3.63) is 47.5 Å². The minimum atomic E-state index is -1.07. The third-order valence-electron chi connectivity index (χ3n) is 4.56. The number of hydrogen-bond acceptors (Lipinski definition) is 2. The van der Waals surface area contributed by atoms with Crippen LogP contribution in [-0.2, 0) is 11.0 Å². The zero-order valence-corrected chi connectivity index (χ0v) is 16.7. The average molecular weight is 369 g/mol. The molecule has 0 amide bonds. The molecule has 5 heteroatoms. The summed E-state index contributed by atoms with van der Waals surface area (Å²) in [6.45, 7) is 12.8. The molecule has 1 aliphatic rings. The first-order chi connectivity index (χ1) is 11.2. The summed E-state index contributed by atoms with van der Waals surface area (Å²) in [5.74, 6) is 0. The zero-order chi connectivity index (χ0) is 17.9. The SMILES string of the molecule is C=CCN1[C@@H]([C@H](C)N[S@@](=O)C(C)(C)C)CC[C@H]1c1cccc(Cl)c1. The Kier molecular flexibility index (Phi) is 6.66. The molecule has 134 valence electrons. The number of likely N-dealkylation sites (tertiary alicyclic amines) is 1. The largest absolute Gasteiger partial charge is 0.288 e. The van der Waals surface area contributed by atoms with Gasteiger partial charge in [0.25, 0.3) is 0 Å². The van der Waals surface area contributed by atoms with Crippen molar-refractivity contribution in [3.8, 4) is 0 Å². The van der Waals surface area contributed by atoms with Crippen LogP contribution in [0.1, 0.15) is 52.1 Å². The molecule has 0 aromatic heterocycles. The monoisotopic (exact) mass is 368 g/mol. The van der Waals surface area contributed by atoms with Crippen molar-refractivity contribution >= 4 is 22.6 Å². The Morgan fingerprint density at radius 3 is 2.75 bits per heavy atom. The van der Waals surface area contributed by atoms with Crippen LogP contribution in [0.3, 0.4) is 0 Å². The van der Waals surface area contributed by atoms with Crippen LogP contribution in [0, 0.1) is 0 Å². The predicted molar refractivity (Wildman–Crippen MR) is 105 cm³/mol. The predicted octanol–water partition coefficient (Wildman–Crippen LogP) is 4.47. The maximum atomic E-state index is 12.4. The second-order valence-corrected chi connectivity index (χ2v) is 9.92. The van der Waals surface area contributed by atoms with Gasteiger partial charge in [0.05, 0.1) is 15.7 Å². The smallest absolute Gasteiger partial charge is 0.0973 e. The van der Waals surface area contributed by atoms with Gasteiger partial charge in [-0.1, -0.05) is 29.8 Å². The average Bonchev–Trinajstić information content (AvgIpc) is 2.90. The fraction of sp³-hybridized carbons (Fsp3) is 0.579. The van der Waals surface area contributed by atoms with Gasteiger partial charge in [-0.25, -0.2) is 8.93 Å². The van der Waals surface area contributed by atoms with Crippen LogP contribution in [0.4, 0.5) is 0 Å². The minimum Gasteiger partial charge on any atom is -0.288 e. The van der Waals surface area contributed by atoms with E-state index in [9.17, 15) is 4.21 Å². The molecule has 1 fully saturated rings. The highest BCUT2D eigenvalue weighted by atomic mass is 35.5. The molecule has 0 saturated carbocycles. The molecule has 1 saturated heterocycles. The molecule has 1 heterocycles. The Morgan fingerprint density at radius 2 is 2.17 bits per heavy atom. The topological polar surface area (TPSA) is 32.3 Å². The summed E-state index contributed by atoms with van der Waals surface area (Å²) in [6, 6.07) is 8.92. The summed E-state index contributed by atoms with van der Waals surface area (Å²) in [5.41, 5.74) is 1.25. The van der Waals surface area contributed by atoms with Gasteiger partial charge in [0.2, 0.25) is 0 Å². The van der Waals surface area contributed by atoms with Crippen molar-refractivity contribution in [1.29, 1.82) is 0 Å². The fourth-order valence-corrected chi connectivity index (χ4v) is 4.38. The Bertz CT molecular complexity index is 599. The molecular formula is C19H29ClN2OS. The van der Waals surface area contributed by atoms with Gasteiger partial charge in [-0.05, 0) is 58.2 Å². The molecule has 4 atom stereocenters. The van der Waals surface area contributed by atoms with E-state index in [-0.39, 0.29) is 10.8 Å². The lowest BCUT2D eigenvalue weighted by Gasteiger charge is -2.34. The van der Waals surface area contributed by atoms with Crippen molar-refractivity contribution in [2.24, 2.45) is 0 Å². The molecule has 0 unspecified atom stereocenters. The lowest BCUT2D eigenvalue weighted by atomic mass is 10.0. The van der Waals surface area contributed by atoms with Crippen molar-refractivity contribution in [2.45, 2.75) is 63.4 Å². The van der Waals surface area contributed by atoms with Gasteiger partial charge in [-0.3, -0.25) is 4.90 Å². The molecule has 1 N–H and O–H groups in total. The van der Waals surface area contributed by atoms with Gasteiger partial charge in [-0.2, -0.15) is 0 Å². The van der Waals surface area contributed by atoms with Gasteiger partial charge >= 0.3 is 0 Å². The van der Waals surface area contributed by atoms with Crippen molar-refractivity contribution in [2.75, 3.05) is 6.54 Å². The van der Waals surface area contributed by atoms with E-state index in [2.05, 4.69) is 35.3 Å². The number of benzene rings is 1. The third-order valence-corrected chi connectivity index (χ3v) is 6.50. The molecule has 2 rings (SSSR count). The second-order valence-electron chi connectivity index (χ2n) is 7.49. The Morgan fingerprint density at radius 1 is 1.46 bits per heavy atom. The summed E-state index contributed by atoms with van der Waals surface area (Å²) in [6.07, 6.45) is 4.09. The Hall–Kier alpha value is -0.680. The highest BCUT2D eigenvalue weighted by Gasteiger charge is 2.37. The summed E-state index contributed by atoms with van der Waals surface area (Å²) in [5, 5.41) is 0.773. The lowest BCUT2D eigenvalue weighted by molar-refractivity contribution is 0.192. The normalized spacial score (nSPS) is 24.7. The van der Waals surface area contributed by atoms with Gasteiger partial charge in [0, 0.05) is 29.7 Å². The Balaban J connectivity index is 2.16. The standard InChI is InChI=1S/C19H29ClN2OS/c1-6-12-22-17(14(2)21-24(23)19(3,4)5)10-11-18(22)15-8-7-9-16(20)13-15/h6-9,13-14,17-18,21H,1,10-12H2,2-5H3/t14-,17+,18-,24-/m0/s1. The van der Waals surface area contributed by atoms with Gasteiger partial charge in [0.15, 0.2) is 0 Å². The van der Waals surface area contributed by atoms with Crippen LogP contribution >= 0.6 is 11.6 Å². The van der Waals surface area contributed by atoms with Crippen LogP contribution < -0.4 is 4.72 Å². The van der Waals surface area contributed by atoms with Gasteiger partial charge in [0.1, 0.15) is 0 Å². The molecule has 0 aliphatic carbocycles. The molecule has 1 aliphatic heterocycles. The number of hydrogen-bond donors (Lipinski definition) is 1. The maximum Gasteiger partial charge on any atom is 0.0973 e. The summed E-state index contributed by atoms with van der Waals surface area (Å²) in [4.78, 5) is 2.45. The van der Waals surface area contributed by atoms with Crippen LogP contribution in [0.2, 0.25) is 5.02 Å². The molecule has 24 heavy (non-hydrogen) atoms. The first kappa shape index (κ1) is 19.6. The van der Waals surface area contributed by atoms with E-state index in [4.69, 9.17) is 11.6 Å². The molecule has 1 aromatic rings. The van der Waals surface area contributed by atoms with E-state index in [0.717, 1.165) is 24.4 Å². The number of nitrogens with zero attached hydrogens (tertiary/aromatic N) is 1. The van der Waals surface area contributed by atoms with E-state index in [1.54, 1.807) is 0 Å². The van der Waals surface area contributed by atoms with Crippen LogP contribution in [0.15, 0.2) is 36.9 Å². The molecule has 0 radical (unpaired) electrons. The van der Waals surface area contributed by atoms with E-state index in [1.165, 1.54) is 5.56 Å². The summed E-state index contributed by atoms with van der Waals surface area (Å²) in [7, 11) is -1.07. The number of halogens is 1. The first-order valence-corrected chi connectivity index (χ1v) is 10.1. The quantitative estimate of drug-likeness (QED) is 0.751. The van der Waals surface area contributed by atoms with Gasteiger partial charge < -0.3 is 0 Å². The zero-order valence-electron chi connectivity index (χ0n) is 15.1. The fourth-order valence-electron chi connectivity index (χ4n) is 3.34. The maximum absolute atomic E-state index is 12.4. The summed E-state index contributed by atoms with van der Waals surface area (Å²) < 4.78 is 15.5. The van der Waals surface area contributed by atoms with Crippen LogP contribution in [0.25, 0.3) is 0 Å².